The molecule has 0 aliphatic carbocycles. The van der Waals surface area contributed by atoms with Gasteiger partial charge in [-0.15, -0.1) is 0 Å². The number of aryl methyl sites for hydroxylation is 1. The van der Waals surface area contributed by atoms with E-state index in [1.54, 1.807) is 7.11 Å². The molecule has 0 aliphatic rings. The van der Waals surface area contributed by atoms with Gasteiger partial charge in [-0.05, 0) is 47.4 Å². The van der Waals surface area contributed by atoms with Gasteiger partial charge in [0.2, 0.25) is 0 Å². The third kappa shape index (κ3) is 3.78. The summed E-state index contributed by atoms with van der Waals surface area (Å²) in [5.41, 5.74) is 2.04. The number of fused-ring (bicyclic) bond motifs is 1. The average molecular weight is 304 g/mol. The fourth-order valence-electron chi connectivity index (χ4n) is 2.75. The SMILES string of the molecule is COc1ccc(CCCC(=O)c2ccc3ccccc3c2)cc1. The highest BCUT2D eigenvalue weighted by atomic mass is 16.5. The maximum Gasteiger partial charge on any atom is 0.162 e. The number of benzene rings is 3. The molecule has 0 N–H and O–H groups in total. The lowest BCUT2D eigenvalue weighted by Gasteiger charge is -2.05. The fourth-order valence-corrected chi connectivity index (χ4v) is 2.75. The summed E-state index contributed by atoms with van der Waals surface area (Å²) in [5.74, 6) is 1.07. The van der Waals surface area contributed by atoms with Gasteiger partial charge in [0.25, 0.3) is 0 Å². The van der Waals surface area contributed by atoms with Gasteiger partial charge < -0.3 is 4.74 Å². The molecule has 116 valence electrons. The van der Waals surface area contributed by atoms with Gasteiger partial charge in [0.15, 0.2) is 5.78 Å². The van der Waals surface area contributed by atoms with Crippen LogP contribution in [0.3, 0.4) is 0 Å². The van der Waals surface area contributed by atoms with E-state index in [-0.39, 0.29) is 5.78 Å². The number of ether oxygens (including phenoxy) is 1. The van der Waals surface area contributed by atoms with Crippen molar-refractivity contribution in [2.45, 2.75) is 19.3 Å². The minimum atomic E-state index is 0.212. The van der Waals surface area contributed by atoms with E-state index in [2.05, 4.69) is 18.2 Å². The molecular weight excluding hydrogens is 284 g/mol. The Labute approximate surface area is 136 Å². The summed E-state index contributed by atoms with van der Waals surface area (Å²) in [7, 11) is 1.66. The number of hydrogen-bond acceptors (Lipinski definition) is 2. The van der Waals surface area contributed by atoms with Gasteiger partial charge in [0, 0.05) is 12.0 Å². The summed E-state index contributed by atoms with van der Waals surface area (Å²) in [5, 5.41) is 2.29. The Morgan fingerprint density at radius 1 is 0.913 bits per heavy atom. The van der Waals surface area contributed by atoms with Gasteiger partial charge >= 0.3 is 0 Å². The van der Waals surface area contributed by atoms with Crippen LogP contribution in [0.5, 0.6) is 5.75 Å². The topological polar surface area (TPSA) is 26.3 Å². The number of methoxy groups -OCH3 is 1. The van der Waals surface area contributed by atoms with Crippen LogP contribution in [0.15, 0.2) is 66.7 Å². The normalized spacial score (nSPS) is 10.7. The second-order valence-electron chi connectivity index (χ2n) is 5.69. The van der Waals surface area contributed by atoms with Crippen LogP contribution in [0.25, 0.3) is 10.8 Å². The molecule has 0 radical (unpaired) electrons. The molecule has 3 aromatic carbocycles. The highest BCUT2D eigenvalue weighted by Gasteiger charge is 2.07. The van der Waals surface area contributed by atoms with E-state index in [4.69, 9.17) is 4.74 Å². The van der Waals surface area contributed by atoms with Gasteiger partial charge in [0.05, 0.1) is 7.11 Å². The van der Waals surface area contributed by atoms with Gasteiger partial charge in [-0.3, -0.25) is 4.79 Å². The minimum Gasteiger partial charge on any atom is -0.497 e. The standard InChI is InChI=1S/C21H20O2/c1-23-20-13-9-16(10-14-20)5-4-8-21(22)19-12-11-17-6-2-3-7-18(17)15-19/h2-3,6-7,9-15H,4-5,8H2,1H3. The number of rotatable bonds is 6. The van der Waals surface area contributed by atoms with E-state index in [0.29, 0.717) is 6.42 Å². The average Bonchev–Trinajstić information content (AvgIpc) is 2.61. The van der Waals surface area contributed by atoms with E-state index in [1.807, 2.05) is 48.5 Å². The van der Waals surface area contributed by atoms with Crippen LogP contribution < -0.4 is 4.74 Å². The molecule has 0 atom stereocenters. The Morgan fingerprint density at radius 2 is 1.65 bits per heavy atom. The first-order valence-electron chi connectivity index (χ1n) is 7.91. The van der Waals surface area contributed by atoms with Crippen molar-refractivity contribution in [3.05, 3.63) is 77.9 Å². The van der Waals surface area contributed by atoms with Crippen LogP contribution in [-0.4, -0.2) is 12.9 Å². The number of ketones is 1. The number of carbonyl (C=O) groups excluding carboxylic acids is 1. The van der Waals surface area contributed by atoms with Gasteiger partial charge in [-0.1, -0.05) is 48.5 Å². The van der Waals surface area contributed by atoms with Crippen molar-refractivity contribution >= 4 is 16.6 Å². The predicted molar refractivity (Wildman–Crippen MR) is 94.2 cm³/mol. The molecular formula is C21H20O2. The molecule has 0 heterocycles. The van der Waals surface area contributed by atoms with Crippen molar-refractivity contribution in [1.82, 2.24) is 0 Å². The van der Waals surface area contributed by atoms with Crippen LogP contribution in [0.2, 0.25) is 0 Å². The lowest BCUT2D eigenvalue weighted by molar-refractivity contribution is 0.0980. The molecule has 0 amide bonds. The molecule has 0 aliphatic heterocycles. The van der Waals surface area contributed by atoms with Crippen LogP contribution in [0.1, 0.15) is 28.8 Å². The second kappa shape index (κ2) is 7.10. The first kappa shape index (κ1) is 15.3. The molecule has 0 bridgehead atoms. The lowest BCUT2D eigenvalue weighted by Crippen LogP contribution is -2.00. The van der Waals surface area contributed by atoms with Crippen molar-refractivity contribution in [3.63, 3.8) is 0 Å². The largest absolute Gasteiger partial charge is 0.497 e. The Bertz CT molecular complexity index is 803. The van der Waals surface area contributed by atoms with Crippen LogP contribution >= 0.6 is 0 Å². The molecule has 0 fully saturated rings. The summed E-state index contributed by atoms with van der Waals surface area (Å²) in [6.45, 7) is 0. The maximum atomic E-state index is 12.4. The summed E-state index contributed by atoms with van der Waals surface area (Å²) < 4.78 is 5.15. The molecule has 0 saturated heterocycles. The van der Waals surface area contributed by atoms with E-state index in [9.17, 15) is 4.79 Å². The Morgan fingerprint density at radius 3 is 2.39 bits per heavy atom. The number of Topliss-reactive ketones (excluding diaryl/α,β-unsaturated/α-hetero) is 1. The van der Waals surface area contributed by atoms with Crippen LogP contribution in [0, 0.1) is 0 Å². The smallest absolute Gasteiger partial charge is 0.162 e. The zero-order valence-electron chi connectivity index (χ0n) is 13.3. The van der Waals surface area contributed by atoms with E-state index >= 15 is 0 Å². The molecule has 3 rings (SSSR count). The fraction of sp³-hybridized carbons (Fsp3) is 0.190. The Kier molecular flexibility index (Phi) is 4.72. The van der Waals surface area contributed by atoms with E-state index < -0.39 is 0 Å². The van der Waals surface area contributed by atoms with Gasteiger partial charge in [0.1, 0.15) is 5.75 Å². The van der Waals surface area contributed by atoms with Crippen LogP contribution in [0.4, 0.5) is 0 Å². The third-order valence-corrected chi connectivity index (χ3v) is 4.10. The van der Waals surface area contributed by atoms with Crippen LogP contribution in [-0.2, 0) is 6.42 Å². The zero-order chi connectivity index (χ0) is 16.1. The zero-order valence-corrected chi connectivity index (χ0v) is 13.3. The lowest BCUT2D eigenvalue weighted by atomic mass is 10.00. The van der Waals surface area contributed by atoms with Crippen molar-refractivity contribution in [2.75, 3.05) is 7.11 Å². The minimum absolute atomic E-state index is 0.212. The molecule has 3 aromatic rings. The highest BCUT2D eigenvalue weighted by molar-refractivity contribution is 5.99. The summed E-state index contributed by atoms with van der Waals surface area (Å²) in [6.07, 6.45) is 2.34. The van der Waals surface area contributed by atoms with Crippen molar-refractivity contribution in [3.8, 4) is 5.75 Å². The van der Waals surface area contributed by atoms with Crippen molar-refractivity contribution < 1.29 is 9.53 Å². The molecule has 2 nitrogen and oxygen atoms in total. The van der Waals surface area contributed by atoms with Crippen molar-refractivity contribution in [1.29, 1.82) is 0 Å². The summed E-state index contributed by atoms with van der Waals surface area (Å²) in [4.78, 5) is 12.4. The molecule has 0 unspecified atom stereocenters. The number of hydrogen-bond donors (Lipinski definition) is 0. The first-order valence-corrected chi connectivity index (χ1v) is 7.91. The third-order valence-electron chi connectivity index (χ3n) is 4.10. The predicted octanol–water partition coefficient (Wildman–Crippen LogP) is 5.05. The molecule has 23 heavy (non-hydrogen) atoms. The van der Waals surface area contributed by atoms with Gasteiger partial charge in [-0.2, -0.15) is 0 Å². The molecule has 0 saturated carbocycles. The first-order chi connectivity index (χ1) is 11.3. The molecule has 0 aromatic heterocycles. The molecule has 2 heteroatoms. The van der Waals surface area contributed by atoms with E-state index in [0.717, 1.165) is 29.5 Å². The highest BCUT2D eigenvalue weighted by Crippen LogP contribution is 2.18. The summed E-state index contributed by atoms with van der Waals surface area (Å²) in [6, 6.07) is 22.1. The van der Waals surface area contributed by atoms with Gasteiger partial charge in [-0.25, -0.2) is 0 Å². The quantitative estimate of drug-likeness (QED) is 0.595. The summed E-state index contributed by atoms with van der Waals surface area (Å²) >= 11 is 0. The number of carbonyl (C=O) groups is 1. The monoisotopic (exact) mass is 304 g/mol. The maximum absolute atomic E-state index is 12.4. The Balaban J connectivity index is 1.59. The van der Waals surface area contributed by atoms with E-state index in [1.165, 1.54) is 10.9 Å². The van der Waals surface area contributed by atoms with Crippen molar-refractivity contribution in [2.24, 2.45) is 0 Å². The second-order valence-corrected chi connectivity index (χ2v) is 5.69. The Hall–Kier alpha value is -2.61. The molecule has 0 spiro atoms.